The Balaban J connectivity index is 2.35. The van der Waals surface area contributed by atoms with Crippen molar-refractivity contribution in [3.05, 3.63) is 39.4 Å². The molecule has 0 aliphatic carbocycles. The van der Waals surface area contributed by atoms with E-state index in [1.165, 1.54) is 16.8 Å². The molecule has 0 radical (unpaired) electrons. The first-order valence-corrected chi connectivity index (χ1v) is 7.22. The minimum Gasteiger partial charge on any atom is -0.395 e. The van der Waals surface area contributed by atoms with E-state index in [4.69, 9.17) is 5.73 Å². The molecule has 0 saturated heterocycles. The first-order valence-electron chi connectivity index (χ1n) is 6.43. The van der Waals surface area contributed by atoms with Gasteiger partial charge in [-0.2, -0.15) is 5.10 Å². The second-order valence-electron chi connectivity index (χ2n) is 4.72. The lowest BCUT2D eigenvalue weighted by Gasteiger charge is -2.10. The number of aromatic nitrogens is 2. The zero-order valence-electron chi connectivity index (χ0n) is 12.0. The van der Waals surface area contributed by atoms with Crippen molar-refractivity contribution in [2.75, 3.05) is 11.1 Å². The Bertz CT molecular complexity index is 711. The molecule has 2 aromatic rings. The van der Waals surface area contributed by atoms with Gasteiger partial charge in [0.2, 0.25) is 0 Å². The van der Waals surface area contributed by atoms with Gasteiger partial charge in [-0.15, -0.1) is 0 Å². The van der Waals surface area contributed by atoms with Gasteiger partial charge in [-0.05, 0) is 47.0 Å². The van der Waals surface area contributed by atoms with Gasteiger partial charge in [0.15, 0.2) is 0 Å². The number of nitrogens with zero attached hydrogens (tertiary/aromatic N) is 2. The first kappa shape index (κ1) is 15.5. The van der Waals surface area contributed by atoms with E-state index in [1.807, 2.05) is 6.92 Å². The molecule has 0 aliphatic heterocycles. The summed E-state index contributed by atoms with van der Waals surface area (Å²) in [5.41, 5.74) is 8.44. The van der Waals surface area contributed by atoms with Crippen LogP contribution in [0.15, 0.2) is 16.6 Å². The summed E-state index contributed by atoms with van der Waals surface area (Å²) < 4.78 is 15.1. The average molecular weight is 355 g/mol. The third kappa shape index (κ3) is 2.92. The van der Waals surface area contributed by atoms with Crippen molar-refractivity contribution in [2.45, 2.75) is 20.3 Å². The van der Waals surface area contributed by atoms with E-state index < -0.39 is 0 Å². The van der Waals surface area contributed by atoms with E-state index in [1.54, 1.807) is 14.0 Å². The third-order valence-corrected chi connectivity index (χ3v) is 3.83. The van der Waals surface area contributed by atoms with Crippen molar-refractivity contribution in [1.29, 1.82) is 0 Å². The molecule has 0 aliphatic rings. The number of carbonyl (C=O) groups excluding carboxylic acids is 1. The Hall–Kier alpha value is -1.89. The van der Waals surface area contributed by atoms with Crippen molar-refractivity contribution in [3.8, 4) is 0 Å². The number of rotatable bonds is 3. The summed E-state index contributed by atoms with van der Waals surface area (Å²) in [5.74, 6) is -0.748. The summed E-state index contributed by atoms with van der Waals surface area (Å²) in [7, 11) is 1.66. The number of halogens is 2. The van der Waals surface area contributed by atoms with Crippen LogP contribution in [-0.2, 0) is 13.5 Å². The van der Waals surface area contributed by atoms with E-state index in [0.717, 1.165) is 0 Å². The zero-order valence-corrected chi connectivity index (χ0v) is 13.6. The number of benzene rings is 1. The van der Waals surface area contributed by atoms with Crippen LogP contribution in [0.25, 0.3) is 0 Å². The summed E-state index contributed by atoms with van der Waals surface area (Å²) in [6, 6.07) is 2.87. The number of aryl methyl sites for hydroxylation is 3. The van der Waals surface area contributed by atoms with Crippen LogP contribution in [0, 0.1) is 12.7 Å². The lowest BCUT2D eigenvalue weighted by atomic mass is 10.2. The van der Waals surface area contributed by atoms with Gasteiger partial charge in [-0.25, -0.2) is 4.39 Å². The zero-order chi connectivity index (χ0) is 15.7. The third-order valence-electron chi connectivity index (χ3n) is 3.23. The Morgan fingerprint density at radius 3 is 2.76 bits per heavy atom. The Morgan fingerprint density at radius 2 is 2.19 bits per heavy atom. The fourth-order valence-corrected chi connectivity index (χ4v) is 2.43. The molecule has 7 heteroatoms. The Labute approximate surface area is 130 Å². The van der Waals surface area contributed by atoms with Crippen LogP contribution in [0.1, 0.15) is 28.7 Å². The van der Waals surface area contributed by atoms with Crippen molar-refractivity contribution in [1.82, 2.24) is 9.78 Å². The van der Waals surface area contributed by atoms with E-state index in [-0.39, 0.29) is 16.2 Å². The van der Waals surface area contributed by atoms with Crippen molar-refractivity contribution in [2.24, 2.45) is 7.05 Å². The van der Waals surface area contributed by atoms with Gasteiger partial charge in [0.25, 0.3) is 5.91 Å². The fraction of sp³-hybridized carbons (Fsp3) is 0.286. The van der Waals surface area contributed by atoms with Gasteiger partial charge in [-0.3, -0.25) is 9.48 Å². The highest BCUT2D eigenvalue weighted by molar-refractivity contribution is 9.10. The molecule has 21 heavy (non-hydrogen) atoms. The molecule has 0 saturated carbocycles. The van der Waals surface area contributed by atoms with Crippen LogP contribution in [0.3, 0.4) is 0 Å². The molecular formula is C14H16BrFN4O. The van der Waals surface area contributed by atoms with Crippen LogP contribution >= 0.6 is 15.9 Å². The maximum absolute atomic E-state index is 13.4. The number of nitrogen functional groups attached to an aromatic ring is 1. The number of amides is 1. The molecule has 2 rings (SSSR count). The molecule has 1 heterocycles. The molecule has 0 unspecified atom stereocenters. The minimum atomic E-state index is -0.376. The van der Waals surface area contributed by atoms with Gasteiger partial charge < -0.3 is 11.1 Å². The number of hydrogen-bond acceptors (Lipinski definition) is 3. The van der Waals surface area contributed by atoms with Gasteiger partial charge in [-0.1, -0.05) is 6.92 Å². The second-order valence-corrected chi connectivity index (χ2v) is 5.58. The number of nitrogens with one attached hydrogen (secondary N) is 1. The van der Waals surface area contributed by atoms with Gasteiger partial charge >= 0.3 is 0 Å². The summed E-state index contributed by atoms with van der Waals surface area (Å²) >= 11 is 3.10. The molecular weight excluding hydrogens is 339 g/mol. The van der Waals surface area contributed by atoms with Crippen LogP contribution < -0.4 is 11.1 Å². The van der Waals surface area contributed by atoms with E-state index in [9.17, 15) is 9.18 Å². The molecule has 1 aromatic heterocycles. The molecule has 112 valence electrons. The molecule has 0 spiro atoms. The normalized spacial score (nSPS) is 10.7. The number of carbonyl (C=O) groups is 1. The van der Waals surface area contributed by atoms with Crippen LogP contribution in [0.2, 0.25) is 0 Å². The molecule has 0 bridgehead atoms. The summed E-state index contributed by atoms with van der Waals surface area (Å²) in [6.45, 7) is 3.64. The second kappa shape index (κ2) is 5.85. The molecule has 1 amide bonds. The Kier molecular flexibility index (Phi) is 4.32. The average Bonchev–Trinajstić information content (AvgIpc) is 2.70. The minimum absolute atomic E-state index is 0.288. The maximum atomic E-state index is 13.4. The predicted molar refractivity (Wildman–Crippen MR) is 83.8 cm³/mol. The SMILES string of the molecule is CCc1nn(C)c(C(=O)Nc2cc(Br)c(F)cc2C)c1N. The predicted octanol–water partition coefficient (Wildman–Crippen LogP) is 3.03. The van der Waals surface area contributed by atoms with Crippen LogP contribution in [-0.4, -0.2) is 15.7 Å². The maximum Gasteiger partial charge on any atom is 0.276 e. The summed E-state index contributed by atoms with van der Waals surface area (Å²) in [6.07, 6.45) is 0.647. The highest BCUT2D eigenvalue weighted by Gasteiger charge is 2.20. The van der Waals surface area contributed by atoms with Gasteiger partial charge in [0.1, 0.15) is 11.5 Å². The van der Waals surface area contributed by atoms with Crippen molar-refractivity contribution >= 4 is 33.2 Å². The first-order chi connectivity index (χ1) is 9.85. The van der Waals surface area contributed by atoms with Gasteiger partial charge in [0, 0.05) is 12.7 Å². The van der Waals surface area contributed by atoms with E-state index >= 15 is 0 Å². The highest BCUT2D eigenvalue weighted by atomic mass is 79.9. The smallest absolute Gasteiger partial charge is 0.276 e. The lowest BCUT2D eigenvalue weighted by Crippen LogP contribution is -2.18. The number of anilines is 2. The molecule has 0 fully saturated rings. The fourth-order valence-electron chi connectivity index (χ4n) is 2.09. The Morgan fingerprint density at radius 1 is 1.52 bits per heavy atom. The number of nitrogens with two attached hydrogens (primary N) is 1. The van der Waals surface area contributed by atoms with E-state index in [0.29, 0.717) is 34.7 Å². The van der Waals surface area contributed by atoms with Crippen LogP contribution in [0.5, 0.6) is 0 Å². The monoisotopic (exact) mass is 354 g/mol. The quantitative estimate of drug-likeness (QED) is 0.889. The lowest BCUT2D eigenvalue weighted by molar-refractivity contribution is 0.101. The van der Waals surface area contributed by atoms with Gasteiger partial charge in [0.05, 0.1) is 15.9 Å². The number of hydrogen-bond donors (Lipinski definition) is 2. The van der Waals surface area contributed by atoms with Crippen molar-refractivity contribution < 1.29 is 9.18 Å². The molecule has 3 N–H and O–H groups in total. The molecule has 5 nitrogen and oxygen atoms in total. The van der Waals surface area contributed by atoms with E-state index in [2.05, 4.69) is 26.3 Å². The standard InChI is InChI=1S/C14H16BrFN4O/c1-4-10-12(17)13(20(3)19-10)14(21)18-11-6-8(15)9(16)5-7(11)2/h5-6H,4,17H2,1-3H3,(H,18,21). The molecule has 1 aromatic carbocycles. The van der Waals surface area contributed by atoms with Crippen LogP contribution in [0.4, 0.5) is 15.8 Å². The van der Waals surface area contributed by atoms with Crippen molar-refractivity contribution in [3.63, 3.8) is 0 Å². The topological polar surface area (TPSA) is 72.9 Å². The molecule has 0 atom stereocenters. The summed E-state index contributed by atoms with van der Waals surface area (Å²) in [5, 5.41) is 6.94. The largest absolute Gasteiger partial charge is 0.395 e. The summed E-state index contributed by atoms with van der Waals surface area (Å²) in [4.78, 5) is 12.4. The highest BCUT2D eigenvalue weighted by Crippen LogP contribution is 2.25.